The van der Waals surface area contributed by atoms with Crippen molar-refractivity contribution < 1.29 is 18.1 Å². The molecule has 1 heterocycles. The van der Waals surface area contributed by atoms with Gasteiger partial charge in [0.1, 0.15) is 0 Å². The number of sulfonamides is 1. The van der Waals surface area contributed by atoms with Crippen LogP contribution in [-0.2, 0) is 21.2 Å². The van der Waals surface area contributed by atoms with Gasteiger partial charge in [0.25, 0.3) is 5.69 Å². The van der Waals surface area contributed by atoms with Gasteiger partial charge in [-0.3, -0.25) is 15.0 Å². The van der Waals surface area contributed by atoms with E-state index in [1.807, 2.05) is 0 Å². The summed E-state index contributed by atoms with van der Waals surface area (Å²) >= 11 is 0. The molecule has 1 aliphatic rings. The molecule has 1 aromatic carbocycles. The van der Waals surface area contributed by atoms with Gasteiger partial charge in [0.15, 0.2) is 0 Å². The molecule has 0 atom stereocenters. The van der Waals surface area contributed by atoms with Gasteiger partial charge in [0, 0.05) is 31.3 Å². The lowest BCUT2D eigenvalue weighted by Gasteiger charge is -2.26. The van der Waals surface area contributed by atoms with E-state index in [2.05, 4.69) is 4.90 Å². The topological polar surface area (TPSA) is 116 Å². The van der Waals surface area contributed by atoms with E-state index in [1.165, 1.54) is 12.1 Å². The second-order valence-corrected chi connectivity index (χ2v) is 6.36. The molecule has 21 heavy (non-hydrogen) atoms. The summed E-state index contributed by atoms with van der Waals surface area (Å²) in [5.41, 5.74) is 0.286. The van der Waals surface area contributed by atoms with Gasteiger partial charge in [-0.1, -0.05) is 6.07 Å². The van der Waals surface area contributed by atoms with E-state index in [0.717, 1.165) is 19.2 Å². The number of primary sulfonamides is 1. The van der Waals surface area contributed by atoms with Crippen LogP contribution in [-0.4, -0.2) is 51.1 Å². The third kappa shape index (κ3) is 4.21. The smallest absolute Gasteiger partial charge is 0.273 e. The van der Waals surface area contributed by atoms with Crippen LogP contribution in [0.2, 0.25) is 0 Å². The van der Waals surface area contributed by atoms with Crippen molar-refractivity contribution in [1.82, 2.24) is 4.90 Å². The predicted molar refractivity (Wildman–Crippen MR) is 75.4 cm³/mol. The minimum atomic E-state index is -3.94. The van der Waals surface area contributed by atoms with Crippen molar-refractivity contribution >= 4 is 15.7 Å². The van der Waals surface area contributed by atoms with Gasteiger partial charge in [0.05, 0.1) is 23.0 Å². The third-order valence-electron chi connectivity index (χ3n) is 3.38. The summed E-state index contributed by atoms with van der Waals surface area (Å²) in [6, 6.07) is 3.78. The highest BCUT2D eigenvalue weighted by molar-refractivity contribution is 7.89. The Morgan fingerprint density at radius 1 is 1.33 bits per heavy atom. The fourth-order valence-electron chi connectivity index (χ4n) is 2.21. The minimum absolute atomic E-state index is 0.213. The number of nitro groups is 1. The normalized spacial score (nSPS) is 16.8. The van der Waals surface area contributed by atoms with Gasteiger partial charge in [-0.25, -0.2) is 13.6 Å². The van der Waals surface area contributed by atoms with Crippen molar-refractivity contribution in [2.24, 2.45) is 5.14 Å². The predicted octanol–water partition coefficient (Wildman–Crippen LogP) is 0.117. The number of hydrogen-bond donors (Lipinski definition) is 1. The Kier molecular flexibility index (Phi) is 4.88. The van der Waals surface area contributed by atoms with Crippen LogP contribution in [0, 0.1) is 10.1 Å². The second kappa shape index (κ2) is 6.48. The molecular formula is C12H17N3O5S. The average molecular weight is 315 g/mol. The van der Waals surface area contributed by atoms with E-state index in [1.54, 1.807) is 0 Å². The fraction of sp³-hybridized carbons (Fsp3) is 0.500. The number of nitro benzene ring substituents is 1. The molecule has 0 spiro atoms. The molecule has 2 rings (SSSR count). The summed E-state index contributed by atoms with van der Waals surface area (Å²) in [5, 5.41) is 16.1. The molecule has 0 aromatic heterocycles. The largest absolute Gasteiger partial charge is 0.379 e. The molecule has 0 saturated carbocycles. The van der Waals surface area contributed by atoms with Crippen LogP contribution >= 0.6 is 0 Å². The monoisotopic (exact) mass is 315 g/mol. The van der Waals surface area contributed by atoms with Crippen molar-refractivity contribution in [1.29, 1.82) is 0 Å². The fourth-order valence-corrected chi connectivity index (χ4v) is 2.74. The third-order valence-corrected chi connectivity index (χ3v) is 4.29. The Hall–Kier alpha value is -1.55. The molecule has 0 radical (unpaired) electrons. The Labute approximate surface area is 122 Å². The van der Waals surface area contributed by atoms with Crippen molar-refractivity contribution in [2.75, 3.05) is 32.8 Å². The van der Waals surface area contributed by atoms with Crippen molar-refractivity contribution in [2.45, 2.75) is 11.3 Å². The van der Waals surface area contributed by atoms with Crippen molar-refractivity contribution in [3.63, 3.8) is 0 Å². The Bertz CT molecular complexity index is 626. The van der Waals surface area contributed by atoms with Crippen LogP contribution < -0.4 is 5.14 Å². The number of nitrogens with zero attached hydrogens (tertiary/aromatic N) is 2. The van der Waals surface area contributed by atoms with Crippen molar-refractivity contribution in [3.8, 4) is 0 Å². The van der Waals surface area contributed by atoms with Crippen LogP contribution in [0.4, 0.5) is 5.69 Å². The first-order valence-corrected chi connectivity index (χ1v) is 8.03. The van der Waals surface area contributed by atoms with E-state index in [0.29, 0.717) is 31.7 Å². The van der Waals surface area contributed by atoms with Crippen molar-refractivity contribution in [3.05, 3.63) is 33.9 Å². The van der Waals surface area contributed by atoms with E-state index in [-0.39, 0.29) is 10.6 Å². The number of ether oxygens (including phenoxy) is 1. The van der Waals surface area contributed by atoms with Gasteiger partial charge < -0.3 is 4.74 Å². The summed E-state index contributed by atoms with van der Waals surface area (Å²) in [5.74, 6) is 0. The molecule has 1 aromatic rings. The van der Waals surface area contributed by atoms with Crippen LogP contribution in [0.25, 0.3) is 0 Å². The summed E-state index contributed by atoms with van der Waals surface area (Å²) in [6.45, 7) is 3.57. The molecule has 1 fully saturated rings. The zero-order valence-corrected chi connectivity index (χ0v) is 12.2. The van der Waals surface area contributed by atoms with E-state index >= 15 is 0 Å². The quantitative estimate of drug-likeness (QED) is 0.609. The summed E-state index contributed by atoms with van der Waals surface area (Å²) in [6.07, 6.45) is 0.473. The molecule has 0 amide bonds. The Balaban J connectivity index is 2.16. The maximum atomic E-state index is 11.3. The lowest BCUT2D eigenvalue weighted by molar-refractivity contribution is -0.385. The highest BCUT2D eigenvalue weighted by Crippen LogP contribution is 2.23. The molecule has 1 saturated heterocycles. The first kappa shape index (κ1) is 15.8. The number of benzene rings is 1. The standard InChI is InChI=1S/C12H17N3O5S/c13-21(18,19)11-2-1-10(12(9-11)15(16)17)3-4-14-5-7-20-8-6-14/h1-2,9H,3-8H2,(H2,13,18,19). The SMILES string of the molecule is NS(=O)(=O)c1ccc(CCN2CCOCC2)c([N+](=O)[O-])c1. The molecule has 0 unspecified atom stereocenters. The molecule has 0 bridgehead atoms. The molecule has 8 nitrogen and oxygen atoms in total. The van der Waals surface area contributed by atoms with Crippen LogP contribution in [0.5, 0.6) is 0 Å². The molecule has 9 heteroatoms. The number of hydrogen-bond acceptors (Lipinski definition) is 6. The lowest BCUT2D eigenvalue weighted by Crippen LogP contribution is -2.37. The van der Waals surface area contributed by atoms with E-state index in [4.69, 9.17) is 9.88 Å². The first-order valence-electron chi connectivity index (χ1n) is 6.48. The number of rotatable bonds is 5. The zero-order valence-electron chi connectivity index (χ0n) is 11.4. The Morgan fingerprint density at radius 3 is 2.57 bits per heavy atom. The van der Waals surface area contributed by atoms with Gasteiger partial charge in [-0.2, -0.15) is 0 Å². The summed E-state index contributed by atoms with van der Waals surface area (Å²) < 4.78 is 27.8. The van der Waals surface area contributed by atoms with E-state index in [9.17, 15) is 18.5 Å². The molecule has 116 valence electrons. The van der Waals surface area contributed by atoms with Gasteiger partial charge in [0.2, 0.25) is 10.0 Å². The first-order chi connectivity index (χ1) is 9.88. The maximum Gasteiger partial charge on any atom is 0.273 e. The van der Waals surface area contributed by atoms with E-state index < -0.39 is 14.9 Å². The average Bonchev–Trinajstić information content (AvgIpc) is 2.45. The van der Waals surface area contributed by atoms with Gasteiger partial charge in [-0.15, -0.1) is 0 Å². The zero-order chi connectivity index (χ0) is 15.5. The number of morpholine rings is 1. The van der Waals surface area contributed by atoms with Gasteiger partial charge in [-0.05, 0) is 12.5 Å². The Morgan fingerprint density at radius 2 is 2.00 bits per heavy atom. The van der Waals surface area contributed by atoms with Gasteiger partial charge >= 0.3 is 0 Å². The molecule has 2 N–H and O–H groups in total. The summed E-state index contributed by atoms with van der Waals surface area (Å²) in [7, 11) is -3.94. The highest BCUT2D eigenvalue weighted by atomic mass is 32.2. The molecular weight excluding hydrogens is 298 g/mol. The molecule has 1 aliphatic heterocycles. The van der Waals surface area contributed by atoms with Crippen LogP contribution in [0.3, 0.4) is 0 Å². The summed E-state index contributed by atoms with van der Waals surface area (Å²) in [4.78, 5) is 12.4. The maximum absolute atomic E-state index is 11.3. The second-order valence-electron chi connectivity index (χ2n) is 4.80. The number of nitrogens with two attached hydrogens (primary N) is 1. The minimum Gasteiger partial charge on any atom is -0.379 e. The highest BCUT2D eigenvalue weighted by Gasteiger charge is 2.20. The lowest BCUT2D eigenvalue weighted by atomic mass is 10.1. The molecule has 0 aliphatic carbocycles. The van der Waals surface area contributed by atoms with Crippen LogP contribution in [0.1, 0.15) is 5.56 Å². The van der Waals surface area contributed by atoms with Crippen LogP contribution in [0.15, 0.2) is 23.1 Å².